The van der Waals surface area contributed by atoms with Gasteiger partial charge in [-0.15, -0.1) is 0 Å². The van der Waals surface area contributed by atoms with Gasteiger partial charge in [0.25, 0.3) is 0 Å². The number of allylic oxidation sites excluding steroid dienone is 1. The first kappa shape index (κ1) is 12.5. The van der Waals surface area contributed by atoms with Crippen molar-refractivity contribution in [3.8, 4) is 0 Å². The van der Waals surface area contributed by atoms with E-state index in [1.165, 1.54) is 53.5 Å². The van der Waals surface area contributed by atoms with Crippen LogP contribution in [-0.2, 0) is 6.42 Å². The monoisotopic (exact) mass is 253 g/mol. The number of fused-ring (bicyclic) bond motifs is 1. The molecule has 0 amide bonds. The maximum absolute atomic E-state index is 6.20. The summed E-state index contributed by atoms with van der Waals surface area (Å²) in [5, 5.41) is 0. The minimum Gasteiger partial charge on any atom is -0.402 e. The third kappa shape index (κ3) is 2.11. The Morgan fingerprint density at radius 1 is 1.32 bits per heavy atom. The second-order valence-corrected chi connectivity index (χ2v) is 6.15. The Morgan fingerprint density at radius 3 is 2.68 bits per heavy atom. The fourth-order valence-corrected chi connectivity index (χ4v) is 3.29. The van der Waals surface area contributed by atoms with Gasteiger partial charge in [-0.05, 0) is 78.3 Å². The van der Waals surface area contributed by atoms with Crippen LogP contribution in [0.2, 0.25) is 0 Å². The zero-order chi connectivity index (χ0) is 13.6. The van der Waals surface area contributed by atoms with Gasteiger partial charge in [-0.3, -0.25) is 0 Å². The van der Waals surface area contributed by atoms with Gasteiger partial charge in [0.2, 0.25) is 0 Å². The molecule has 0 saturated heterocycles. The van der Waals surface area contributed by atoms with Gasteiger partial charge in [0.1, 0.15) is 0 Å². The molecule has 0 aromatic heterocycles. The maximum atomic E-state index is 6.20. The second-order valence-electron chi connectivity index (χ2n) is 6.15. The molecule has 3 rings (SSSR count). The lowest BCUT2D eigenvalue weighted by atomic mass is 9.91. The average Bonchev–Trinajstić information content (AvgIpc) is 3.17. The summed E-state index contributed by atoms with van der Waals surface area (Å²) in [6.45, 7) is 8.56. The van der Waals surface area contributed by atoms with Crippen LogP contribution in [0.15, 0.2) is 18.3 Å². The molecule has 1 nitrogen and oxygen atoms in total. The highest BCUT2D eigenvalue weighted by molar-refractivity contribution is 5.73. The summed E-state index contributed by atoms with van der Waals surface area (Å²) < 4.78 is 0. The predicted octanol–water partition coefficient (Wildman–Crippen LogP) is 4.40. The topological polar surface area (TPSA) is 26.0 Å². The van der Waals surface area contributed by atoms with Gasteiger partial charge in [-0.2, -0.15) is 0 Å². The summed E-state index contributed by atoms with van der Waals surface area (Å²) in [5.74, 6) is 1.32. The van der Waals surface area contributed by atoms with Gasteiger partial charge in [0, 0.05) is 5.70 Å². The van der Waals surface area contributed by atoms with Gasteiger partial charge in [-0.1, -0.05) is 25.6 Å². The zero-order valence-corrected chi connectivity index (χ0v) is 12.0. The van der Waals surface area contributed by atoms with Crippen LogP contribution in [0.3, 0.4) is 0 Å². The molecular weight excluding hydrogens is 230 g/mol. The summed E-state index contributed by atoms with van der Waals surface area (Å²) in [6, 6.07) is 2.37. The Hall–Kier alpha value is -1.50. The smallest absolute Gasteiger partial charge is 0.0118 e. The number of rotatable bonds is 3. The van der Waals surface area contributed by atoms with Crippen molar-refractivity contribution in [2.24, 2.45) is 11.7 Å². The van der Waals surface area contributed by atoms with Crippen LogP contribution >= 0.6 is 0 Å². The first-order valence-electron chi connectivity index (χ1n) is 7.37. The zero-order valence-electron chi connectivity index (χ0n) is 12.0. The van der Waals surface area contributed by atoms with E-state index in [0.29, 0.717) is 11.8 Å². The van der Waals surface area contributed by atoms with E-state index in [-0.39, 0.29) is 0 Å². The molecule has 19 heavy (non-hydrogen) atoms. The lowest BCUT2D eigenvalue weighted by Crippen LogP contribution is -2.02. The minimum atomic E-state index is 0.629. The Kier molecular flexibility index (Phi) is 3.00. The van der Waals surface area contributed by atoms with Crippen LogP contribution in [-0.4, -0.2) is 0 Å². The Balaban J connectivity index is 2.14. The number of hydrogen-bond acceptors (Lipinski definition) is 1. The van der Waals surface area contributed by atoms with Crippen LogP contribution in [0.1, 0.15) is 59.9 Å². The van der Waals surface area contributed by atoms with E-state index in [9.17, 15) is 0 Å². The first-order valence-corrected chi connectivity index (χ1v) is 7.37. The summed E-state index contributed by atoms with van der Waals surface area (Å²) in [4.78, 5) is 0. The van der Waals surface area contributed by atoms with Crippen molar-refractivity contribution < 1.29 is 0 Å². The molecular formula is C18H23N. The molecule has 0 spiro atoms. The molecule has 100 valence electrons. The van der Waals surface area contributed by atoms with Crippen LogP contribution in [0.4, 0.5) is 0 Å². The standard InChI is InChI=1S/C18H23N/c1-4-14-15-8-5-11(2)16(15)9-12(3)17(14)10-18(19)13-6-7-13/h4,9-11,13H,1,5-8,19H2,2-3H3/b18-10-. The Morgan fingerprint density at radius 2 is 2.05 bits per heavy atom. The van der Waals surface area contributed by atoms with Crippen LogP contribution in [0.25, 0.3) is 12.2 Å². The Labute approximate surface area is 116 Å². The highest BCUT2D eigenvalue weighted by atomic mass is 14.6. The quantitative estimate of drug-likeness (QED) is 0.849. The number of nitrogens with two attached hydrogens (primary N) is 1. The van der Waals surface area contributed by atoms with Crippen molar-refractivity contribution >= 4 is 12.2 Å². The second kappa shape index (κ2) is 4.56. The van der Waals surface area contributed by atoms with Crippen LogP contribution < -0.4 is 5.73 Å². The van der Waals surface area contributed by atoms with Gasteiger partial charge >= 0.3 is 0 Å². The highest BCUT2D eigenvalue weighted by Crippen LogP contribution is 2.40. The van der Waals surface area contributed by atoms with E-state index in [4.69, 9.17) is 5.73 Å². The van der Waals surface area contributed by atoms with E-state index < -0.39 is 0 Å². The van der Waals surface area contributed by atoms with Crippen molar-refractivity contribution in [2.75, 3.05) is 0 Å². The molecule has 0 bridgehead atoms. The molecule has 2 N–H and O–H groups in total. The molecule has 0 aliphatic heterocycles. The van der Waals surface area contributed by atoms with E-state index in [0.717, 1.165) is 5.70 Å². The van der Waals surface area contributed by atoms with Crippen molar-refractivity contribution in [2.45, 2.75) is 45.4 Å². The van der Waals surface area contributed by atoms with Crippen LogP contribution in [0, 0.1) is 12.8 Å². The first-order chi connectivity index (χ1) is 9.11. The van der Waals surface area contributed by atoms with E-state index in [2.05, 4.69) is 32.6 Å². The maximum Gasteiger partial charge on any atom is 0.0118 e. The molecule has 1 unspecified atom stereocenters. The van der Waals surface area contributed by atoms with Crippen molar-refractivity contribution in [3.63, 3.8) is 0 Å². The lowest BCUT2D eigenvalue weighted by molar-refractivity contribution is 0.747. The molecule has 1 heteroatoms. The molecule has 0 heterocycles. The highest BCUT2D eigenvalue weighted by Gasteiger charge is 2.26. The van der Waals surface area contributed by atoms with Gasteiger partial charge in [-0.25, -0.2) is 0 Å². The number of aryl methyl sites for hydroxylation is 1. The summed E-state index contributed by atoms with van der Waals surface area (Å²) in [7, 11) is 0. The predicted molar refractivity (Wildman–Crippen MR) is 82.9 cm³/mol. The lowest BCUT2D eigenvalue weighted by Gasteiger charge is -2.15. The number of hydrogen-bond donors (Lipinski definition) is 1. The molecule has 1 aromatic carbocycles. The van der Waals surface area contributed by atoms with Gasteiger partial charge < -0.3 is 5.73 Å². The van der Waals surface area contributed by atoms with E-state index >= 15 is 0 Å². The third-order valence-corrected chi connectivity index (χ3v) is 4.68. The van der Waals surface area contributed by atoms with Gasteiger partial charge in [0.15, 0.2) is 0 Å². The molecule has 2 aliphatic carbocycles. The largest absolute Gasteiger partial charge is 0.402 e. The summed E-state index contributed by atoms with van der Waals surface area (Å²) in [5.41, 5.74) is 14.2. The number of benzene rings is 1. The van der Waals surface area contributed by atoms with Gasteiger partial charge in [0.05, 0.1) is 0 Å². The normalized spacial score (nSPS) is 22.4. The molecule has 1 aromatic rings. The van der Waals surface area contributed by atoms with Crippen molar-refractivity contribution in [1.29, 1.82) is 0 Å². The van der Waals surface area contributed by atoms with E-state index in [1.54, 1.807) is 0 Å². The molecule has 1 saturated carbocycles. The molecule has 1 atom stereocenters. The minimum absolute atomic E-state index is 0.629. The SMILES string of the molecule is C=Cc1c(/C=C(\N)C2CC2)c(C)cc2c1CCC2C. The van der Waals surface area contributed by atoms with E-state index in [1.807, 2.05) is 6.08 Å². The van der Waals surface area contributed by atoms with Crippen molar-refractivity contribution in [1.82, 2.24) is 0 Å². The fraction of sp³-hybridized carbons (Fsp3) is 0.444. The summed E-state index contributed by atoms with van der Waals surface area (Å²) >= 11 is 0. The third-order valence-electron chi connectivity index (χ3n) is 4.68. The van der Waals surface area contributed by atoms with Crippen LogP contribution in [0.5, 0.6) is 0 Å². The fourth-order valence-electron chi connectivity index (χ4n) is 3.29. The molecule has 0 radical (unpaired) electrons. The molecule has 2 aliphatic rings. The molecule has 1 fully saturated rings. The Bertz CT molecular complexity index is 562. The van der Waals surface area contributed by atoms with Crippen molar-refractivity contribution in [3.05, 3.63) is 46.2 Å². The average molecular weight is 253 g/mol. The summed E-state index contributed by atoms with van der Waals surface area (Å²) in [6.07, 6.45) is 9.19.